The molecular formula is C8H8N2O3. The summed E-state index contributed by atoms with van der Waals surface area (Å²) >= 11 is 0. The second kappa shape index (κ2) is 3.66. The van der Waals surface area contributed by atoms with E-state index in [1.54, 1.807) is 0 Å². The minimum Gasteiger partial charge on any atom is -0.624 e. The van der Waals surface area contributed by atoms with E-state index in [4.69, 9.17) is 0 Å². The fourth-order valence-corrected chi connectivity index (χ4v) is 0.892. The van der Waals surface area contributed by atoms with E-state index in [1.807, 2.05) is 0 Å². The number of non-ortho nitro benzene ring substituents is 1. The van der Waals surface area contributed by atoms with Crippen LogP contribution >= 0.6 is 0 Å². The standard InChI is InChI=1S/C8H8N2O3/c1-9(11)6-7-2-4-8(5-3-7)10(12)13/h2-6H,1H3/b9-6-. The van der Waals surface area contributed by atoms with Crippen LogP contribution in [0.2, 0.25) is 0 Å². The van der Waals surface area contributed by atoms with Crippen molar-refractivity contribution in [1.82, 2.24) is 0 Å². The van der Waals surface area contributed by atoms with Crippen LogP contribution in [-0.2, 0) is 0 Å². The van der Waals surface area contributed by atoms with Crippen molar-refractivity contribution in [3.05, 3.63) is 45.2 Å². The van der Waals surface area contributed by atoms with Crippen molar-refractivity contribution < 1.29 is 9.66 Å². The molecular weight excluding hydrogens is 172 g/mol. The van der Waals surface area contributed by atoms with Crippen molar-refractivity contribution in [1.29, 1.82) is 0 Å². The van der Waals surface area contributed by atoms with Crippen LogP contribution < -0.4 is 0 Å². The Balaban J connectivity index is 2.94. The Bertz CT molecular complexity index is 339. The van der Waals surface area contributed by atoms with E-state index in [1.165, 1.54) is 37.5 Å². The lowest BCUT2D eigenvalue weighted by Gasteiger charge is -1.95. The fourth-order valence-electron chi connectivity index (χ4n) is 0.892. The predicted octanol–water partition coefficient (Wildman–Crippen LogP) is 1.15. The van der Waals surface area contributed by atoms with Crippen LogP contribution in [0.4, 0.5) is 5.69 Å². The predicted molar refractivity (Wildman–Crippen MR) is 47.8 cm³/mol. The van der Waals surface area contributed by atoms with Gasteiger partial charge in [-0.15, -0.1) is 0 Å². The van der Waals surface area contributed by atoms with E-state index in [0.717, 1.165) is 0 Å². The summed E-state index contributed by atoms with van der Waals surface area (Å²) in [6.07, 6.45) is 1.34. The van der Waals surface area contributed by atoms with Gasteiger partial charge in [-0.1, -0.05) is 0 Å². The largest absolute Gasteiger partial charge is 0.624 e. The number of nitro groups is 1. The molecule has 0 aromatic heterocycles. The van der Waals surface area contributed by atoms with Gasteiger partial charge < -0.3 is 5.21 Å². The summed E-state index contributed by atoms with van der Waals surface area (Å²) in [5.74, 6) is 0. The Morgan fingerprint density at radius 2 is 1.77 bits per heavy atom. The van der Waals surface area contributed by atoms with E-state index in [9.17, 15) is 15.3 Å². The van der Waals surface area contributed by atoms with Crippen LogP contribution in [0.25, 0.3) is 0 Å². The van der Waals surface area contributed by atoms with Gasteiger partial charge in [0.1, 0.15) is 7.05 Å². The van der Waals surface area contributed by atoms with Gasteiger partial charge in [0, 0.05) is 17.7 Å². The van der Waals surface area contributed by atoms with Crippen molar-refractivity contribution in [2.45, 2.75) is 0 Å². The second-order valence-electron chi connectivity index (χ2n) is 2.52. The summed E-state index contributed by atoms with van der Waals surface area (Å²) in [7, 11) is 1.35. The third-order valence-electron chi connectivity index (χ3n) is 1.43. The molecule has 0 aliphatic rings. The van der Waals surface area contributed by atoms with Crippen LogP contribution in [-0.4, -0.2) is 22.9 Å². The highest BCUT2D eigenvalue weighted by molar-refractivity contribution is 5.76. The third kappa shape index (κ3) is 2.55. The molecule has 0 aliphatic carbocycles. The van der Waals surface area contributed by atoms with Crippen LogP contribution in [0.1, 0.15) is 5.56 Å². The van der Waals surface area contributed by atoms with Crippen molar-refractivity contribution in [2.24, 2.45) is 0 Å². The molecule has 1 aromatic rings. The van der Waals surface area contributed by atoms with Gasteiger partial charge in [0.15, 0.2) is 6.21 Å². The van der Waals surface area contributed by atoms with Crippen molar-refractivity contribution in [3.8, 4) is 0 Å². The van der Waals surface area contributed by atoms with Gasteiger partial charge >= 0.3 is 0 Å². The molecule has 1 rings (SSSR count). The van der Waals surface area contributed by atoms with Gasteiger partial charge in [0.25, 0.3) is 5.69 Å². The lowest BCUT2D eigenvalue weighted by atomic mass is 10.2. The van der Waals surface area contributed by atoms with Gasteiger partial charge in [-0.25, -0.2) is 4.74 Å². The van der Waals surface area contributed by atoms with Crippen molar-refractivity contribution >= 4 is 11.9 Å². The number of nitro benzene ring substituents is 1. The Labute approximate surface area is 74.7 Å². The summed E-state index contributed by atoms with van der Waals surface area (Å²) in [4.78, 5) is 9.78. The zero-order valence-electron chi connectivity index (χ0n) is 7.01. The summed E-state index contributed by atoms with van der Waals surface area (Å²) in [6, 6.07) is 5.75. The molecule has 0 spiro atoms. The molecule has 1 aromatic carbocycles. The normalized spacial score (nSPS) is 11.3. The molecule has 0 fully saturated rings. The molecule has 0 aliphatic heterocycles. The Kier molecular flexibility index (Phi) is 2.59. The molecule has 0 atom stereocenters. The maximum atomic E-state index is 10.6. The highest BCUT2D eigenvalue weighted by Crippen LogP contribution is 2.10. The second-order valence-corrected chi connectivity index (χ2v) is 2.52. The maximum absolute atomic E-state index is 10.6. The van der Waals surface area contributed by atoms with E-state index in [2.05, 4.69) is 0 Å². The first-order chi connectivity index (χ1) is 6.09. The van der Waals surface area contributed by atoms with Crippen LogP contribution in [0, 0.1) is 15.3 Å². The average Bonchev–Trinajstić information content (AvgIpc) is 2.04. The van der Waals surface area contributed by atoms with Gasteiger partial charge in [-0.3, -0.25) is 10.1 Å². The number of nitrogens with zero attached hydrogens (tertiary/aromatic N) is 2. The van der Waals surface area contributed by atoms with Gasteiger partial charge in [0.05, 0.1) is 4.92 Å². The zero-order valence-corrected chi connectivity index (χ0v) is 7.01. The number of benzene rings is 1. The number of hydrogen-bond acceptors (Lipinski definition) is 3. The van der Waals surface area contributed by atoms with Gasteiger partial charge in [0.2, 0.25) is 0 Å². The van der Waals surface area contributed by atoms with Crippen LogP contribution in [0.3, 0.4) is 0 Å². The maximum Gasteiger partial charge on any atom is 0.269 e. The molecule has 0 radical (unpaired) electrons. The summed E-state index contributed by atoms with van der Waals surface area (Å²) in [5, 5.41) is 20.8. The highest BCUT2D eigenvalue weighted by atomic mass is 16.6. The molecule has 0 unspecified atom stereocenters. The molecule has 5 heteroatoms. The Morgan fingerprint density at radius 1 is 1.23 bits per heavy atom. The third-order valence-corrected chi connectivity index (χ3v) is 1.43. The zero-order chi connectivity index (χ0) is 9.84. The van der Waals surface area contributed by atoms with Gasteiger partial charge in [-0.2, -0.15) is 0 Å². The molecule has 13 heavy (non-hydrogen) atoms. The van der Waals surface area contributed by atoms with E-state index < -0.39 is 4.92 Å². The SMILES string of the molecule is C/[N+]([O-])=C/c1ccc([N+](=O)[O-])cc1. The lowest BCUT2D eigenvalue weighted by molar-refractivity contribution is -0.416. The number of hydrogen-bond donors (Lipinski definition) is 0. The van der Waals surface area contributed by atoms with E-state index in [-0.39, 0.29) is 5.69 Å². The quantitative estimate of drug-likeness (QED) is 0.225. The van der Waals surface area contributed by atoms with E-state index >= 15 is 0 Å². The molecule has 0 amide bonds. The summed E-state index contributed by atoms with van der Waals surface area (Å²) < 4.78 is 0.640. The topological polar surface area (TPSA) is 69.2 Å². The van der Waals surface area contributed by atoms with Crippen LogP contribution in [0.15, 0.2) is 24.3 Å². The van der Waals surface area contributed by atoms with Gasteiger partial charge in [-0.05, 0) is 12.1 Å². The first-order valence-corrected chi connectivity index (χ1v) is 3.59. The van der Waals surface area contributed by atoms with Crippen molar-refractivity contribution in [2.75, 3.05) is 7.05 Å². The molecule has 68 valence electrons. The minimum atomic E-state index is -0.481. The molecule has 0 N–H and O–H groups in total. The minimum absolute atomic E-state index is 0.0192. The average molecular weight is 180 g/mol. The summed E-state index contributed by atoms with van der Waals surface area (Å²) in [6.45, 7) is 0. The van der Waals surface area contributed by atoms with Crippen molar-refractivity contribution in [3.63, 3.8) is 0 Å². The molecule has 5 nitrogen and oxygen atoms in total. The first kappa shape index (κ1) is 9.18. The Hall–Kier alpha value is -1.91. The summed E-state index contributed by atoms with van der Waals surface area (Å²) in [5.41, 5.74) is 0.661. The lowest BCUT2D eigenvalue weighted by Crippen LogP contribution is -1.97. The molecule has 0 saturated carbocycles. The fraction of sp³-hybridized carbons (Fsp3) is 0.125. The first-order valence-electron chi connectivity index (χ1n) is 3.59. The van der Waals surface area contributed by atoms with Crippen LogP contribution in [0.5, 0.6) is 0 Å². The monoisotopic (exact) mass is 180 g/mol. The number of rotatable bonds is 2. The smallest absolute Gasteiger partial charge is 0.269 e. The molecule has 0 heterocycles. The Morgan fingerprint density at radius 3 is 2.15 bits per heavy atom. The molecule has 0 bridgehead atoms. The number of hydroxylamine groups is 1. The molecule has 0 saturated heterocycles. The highest BCUT2D eigenvalue weighted by Gasteiger charge is 2.03. The van der Waals surface area contributed by atoms with E-state index in [0.29, 0.717) is 10.3 Å².